The zero-order valence-electron chi connectivity index (χ0n) is 45.5. The molecule has 0 saturated carbocycles. The predicted molar refractivity (Wildman–Crippen MR) is 282 cm³/mol. The number of unbranched alkanes of at least 4 members (excludes halogenated alkanes) is 24. The van der Waals surface area contributed by atoms with Gasteiger partial charge in [-0.1, -0.05) is 186 Å². The summed E-state index contributed by atoms with van der Waals surface area (Å²) in [7, 11) is 0. The molecule has 0 aromatic carbocycles. The number of ether oxygens (including phenoxy) is 6. The van der Waals surface area contributed by atoms with Crippen molar-refractivity contribution in [3.63, 3.8) is 0 Å². The molecule has 19 nitrogen and oxygen atoms in total. The predicted octanol–water partition coefficient (Wildman–Crippen LogP) is 4.37. The van der Waals surface area contributed by atoms with Gasteiger partial charge >= 0.3 is 0 Å². The van der Waals surface area contributed by atoms with Crippen LogP contribution in [0.5, 0.6) is 0 Å². The first kappa shape index (κ1) is 67.5. The number of carbonyl (C=O) groups excluding carboxylic acids is 1. The van der Waals surface area contributed by atoms with Crippen LogP contribution >= 0.6 is 0 Å². The van der Waals surface area contributed by atoms with Crippen LogP contribution in [0.3, 0.4) is 0 Å². The Labute approximate surface area is 448 Å². The van der Waals surface area contributed by atoms with Gasteiger partial charge in [-0.25, -0.2) is 0 Å². The number of hydrogen-bond donors (Lipinski definition) is 12. The van der Waals surface area contributed by atoms with E-state index in [4.69, 9.17) is 28.4 Å². The van der Waals surface area contributed by atoms with Gasteiger partial charge in [-0.3, -0.25) is 4.79 Å². The van der Waals surface area contributed by atoms with Crippen molar-refractivity contribution >= 4 is 5.91 Å². The highest BCUT2D eigenvalue weighted by atomic mass is 16.8. The van der Waals surface area contributed by atoms with Gasteiger partial charge in [0.05, 0.1) is 38.6 Å². The number of allylic oxidation sites excluding steroid dienone is 3. The van der Waals surface area contributed by atoms with Gasteiger partial charge in [0, 0.05) is 6.42 Å². The van der Waals surface area contributed by atoms with Crippen LogP contribution in [0, 0.1) is 0 Å². The molecular formula is C56H103NO18. The van der Waals surface area contributed by atoms with Gasteiger partial charge in [-0.2, -0.15) is 0 Å². The second kappa shape index (κ2) is 40.4. The Morgan fingerprint density at radius 3 is 1.32 bits per heavy atom. The Hall–Kier alpha value is -1.73. The van der Waals surface area contributed by atoms with E-state index in [0.29, 0.717) is 12.8 Å². The third-order valence-corrected chi connectivity index (χ3v) is 14.8. The highest BCUT2D eigenvalue weighted by Crippen LogP contribution is 2.33. The molecular weight excluding hydrogens is 975 g/mol. The standard InChI is InChI=1S/C56H103NO18/c1-3-5-7-9-11-13-14-15-16-17-18-19-20-21-22-23-24-25-26-28-30-32-34-44(62)57-39(40(61)33-31-29-27-12-10-8-6-4-2)38-70-54-50(68)47(65)52(42(36-59)72-54)75-56-51(69)48(66)53(43(37-60)73-56)74-55-49(67)46(64)45(63)41(35-58)71-55/h10,12,31,33,39-43,45-56,58-61,63-69H,3-9,11,13-30,32,34-38H2,1-2H3,(H,57,62)/b12-10+,33-31+. The van der Waals surface area contributed by atoms with E-state index in [2.05, 4.69) is 31.3 Å². The molecule has 3 heterocycles. The van der Waals surface area contributed by atoms with Crippen molar-refractivity contribution in [2.75, 3.05) is 26.4 Å². The van der Waals surface area contributed by atoms with Crippen LogP contribution in [0.25, 0.3) is 0 Å². The molecule has 75 heavy (non-hydrogen) atoms. The van der Waals surface area contributed by atoms with E-state index in [-0.39, 0.29) is 18.9 Å². The van der Waals surface area contributed by atoms with E-state index in [9.17, 15) is 61.0 Å². The highest BCUT2D eigenvalue weighted by molar-refractivity contribution is 5.76. The average molecular weight is 1080 g/mol. The summed E-state index contributed by atoms with van der Waals surface area (Å²) in [6.45, 7) is 1.62. The summed E-state index contributed by atoms with van der Waals surface area (Å²) in [4.78, 5) is 13.2. The summed E-state index contributed by atoms with van der Waals surface area (Å²) in [5.41, 5.74) is 0. The number of aliphatic hydroxyl groups is 11. The quantitative estimate of drug-likeness (QED) is 0.0298. The zero-order valence-corrected chi connectivity index (χ0v) is 45.5. The summed E-state index contributed by atoms with van der Waals surface area (Å²) in [5, 5.41) is 120. The minimum absolute atomic E-state index is 0.239. The van der Waals surface area contributed by atoms with Crippen molar-refractivity contribution in [1.29, 1.82) is 0 Å². The van der Waals surface area contributed by atoms with Gasteiger partial charge in [0.15, 0.2) is 18.9 Å². The molecule has 12 N–H and O–H groups in total. The van der Waals surface area contributed by atoms with Gasteiger partial charge in [-0.05, 0) is 25.7 Å². The van der Waals surface area contributed by atoms with Crippen LogP contribution in [0.2, 0.25) is 0 Å². The Kier molecular flexibility index (Phi) is 36.4. The second-order valence-electron chi connectivity index (χ2n) is 21.1. The minimum atomic E-state index is -1.98. The molecule has 3 aliphatic rings. The number of rotatable bonds is 42. The van der Waals surface area contributed by atoms with Crippen LogP contribution in [0.15, 0.2) is 24.3 Å². The molecule has 3 rings (SSSR count). The monoisotopic (exact) mass is 1080 g/mol. The first-order valence-corrected chi connectivity index (χ1v) is 29.1. The number of aliphatic hydroxyl groups excluding tert-OH is 11. The largest absolute Gasteiger partial charge is 0.394 e. The lowest BCUT2D eigenvalue weighted by molar-refractivity contribution is -0.379. The fourth-order valence-corrected chi connectivity index (χ4v) is 9.90. The zero-order chi connectivity index (χ0) is 54.8. The van der Waals surface area contributed by atoms with Gasteiger partial charge in [-0.15, -0.1) is 0 Å². The molecule has 440 valence electrons. The van der Waals surface area contributed by atoms with E-state index in [1.165, 1.54) is 116 Å². The van der Waals surface area contributed by atoms with Crippen molar-refractivity contribution in [3.05, 3.63) is 24.3 Å². The maximum absolute atomic E-state index is 13.2. The van der Waals surface area contributed by atoms with Gasteiger partial charge in [0.25, 0.3) is 0 Å². The van der Waals surface area contributed by atoms with Gasteiger partial charge in [0.2, 0.25) is 5.91 Å². The molecule has 17 unspecified atom stereocenters. The van der Waals surface area contributed by atoms with E-state index in [0.717, 1.165) is 44.9 Å². The van der Waals surface area contributed by atoms with E-state index >= 15 is 0 Å². The van der Waals surface area contributed by atoms with Crippen LogP contribution < -0.4 is 5.32 Å². The van der Waals surface area contributed by atoms with Crippen molar-refractivity contribution in [1.82, 2.24) is 5.32 Å². The van der Waals surface area contributed by atoms with E-state index in [1.807, 2.05) is 6.08 Å². The fraction of sp³-hybridized carbons (Fsp3) is 0.911. The molecule has 1 amide bonds. The summed E-state index contributed by atoms with van der Waals surface area (Å²) in [6.07, 6.45) is 13.5. The first-order valence-electron chi connectivity index (χ1n) is 29.1. The summed E-state index contributed by atoms with van der Waals surface area (Å²) >= 11 is 0. The number of amides is 1. The molecule has 3 fully saturated rings. The molecule has 0 aliphatic carbocycles. The van der Waals surface area contributed by atoms with Crippen molar-refractivity contribution in [2.24, 2.45) is 0 Å². The highest BCUT2D eigenvalue weighted by Gasteiger charge is 2.53. The maximum Gasteiger partial charge on any atom is 0.220 e. The first-order chi connectivity index (χ1) is 36.3. The Balaban J connectivity index is 1.44. The maximum atomic E-state index is 13.2. The van der Waals surface area contributed by atoms with Gasteiger partial charge < -0.3 is 89.9 Å². The normalized spacial score (nSPS) is 31.3. The van der Waals surface area contributed by atoms with Crippen molar-refractivity contribution in [2.45, 2.75) is 298 Å². The van der Waals surface area contributed by atoms with Crippen molar-refractivity contribution < 1.29 is 89.4 Å². The molecule has 0 aromatic heterocycles. The van der Waals surface area contributed by atoms with Gasteiger partial charge in [0.1, 0.15) is 73.2 Å². The molecule has 0 bridgehead atoms. The van der Waals surface area contributed by atoms with E-state index in [1.54, 1.807) is 6.08 Å². The number of hydrogen-bond acceptors (Lipinski definition) is 18. The smallest absolute Gasteiger partial charge is 0.220 e. The molecule has 0 aromatic rings. The lowest BCUT2D eigenvalue weighted by Crippen LogP contribution is -2.66. The molecule has 0 spiro atoms. The third kappa shape index (κ3) is 25.1. The molecule has 17 atom stereocenters. The summed E-state index contributed by atoms with van der Waals surface area (Å²) < 4.78 is 34.1. The van der Waals surface area contributed by atoms with Crippen LogP contribution in [-0.4, -0.2) is 193 Å². The van der Waals surface area contributed by atoms with Crippen molar-refractivity contribution in [3.8, 4) is 0 Å². The van der Waals surface area contributed by atoms with E-state index < -0.39 is 124 Å². The third-order valence-electron chi connectivity index (χ3n) is 14.8. The lowest BCUT2D eigenvalue weighted by atomic mass is 9.96. The number of nitrogens with one attached hydrogen (secondary N) is 1. The lowest BCUT2D eigenvalue weighted by Gasteiger charge is -2.48. The van der Waals surface area contributed by atoms with Crippen LogP contribution in [0.1, 0.15) is 194 Å². The molecule has 3 aliphatic heterocycles. The molecule has 0 radical (unpaired) electrons. The summed E-state index contributed by atoms with van der Waals surface area (Å²) in [5.74, 6) is -0.287. The Morgan fingerprint density at radius 2 is 0.853 bits per heavy atom. The second-order valence-corrected chi connectivity index (χ2v) is 21.1. The SMILES string of the molecule is CCCC/C=C/CC/C=C/C(O)C(COC1OC(CO)C(OC2OC(CO)C(OC3OC(CO)C(O)C(O)C3O)C(O)C2O)C(O)C1O)NC(=O)CCCCCCCCCCCCCCCCCCCCCCCC. The summed E-state index contributed by atoms with van der Waals surface area (Å²) in [6, 6.07) is -0.983. The fourth-order valence-electron chi connectivity index (χ4n) is 9.90. The van der Waals surface area contributed by atoms with Crippen LogP contribution in [0.4, 0.5) is 0 Å². The number of carbonyl (C=O) groups is 1. The Bertz CT molecular complexity index is 1480. The van der Waals surface area contributed by atoms with Crippen LogP contribution in [-0.2, 0) is 33.2 Å². The molecule has 19 heteroatoms. The molecule has 3 saturated heterocycles. The Morgan fingerprint density at radius 1 is 0.467 bits per heavy atom. The topological polar surface area (TPSA) is 307 Å². The minimum Gasteiger partial charge on any atom is -0.394 e. The average Bonchev–Trinajstić information content (AvgIpc) is 3.41.